The minimum Gasteiger partial charge on any atom is -0.382 e. The predicted octanol–water partition coefficient (Wildman–Crippen LogP) is 1.92. The van der Waals surface area contributed by atoms with Crippen LogP contribution in [0.2, 0.25) is 0 Å². The summed E-state index contributed by atoms with van der Waals surface area (Å²) in [5, 5.41) is 10.4. The molecule has 0 bridgehead atoms. The van der Waals surface area contributed by atoms with Gasteiger partial charge in [-0.2, -0.15) is 0 Å². The summed E-state index contributed by atoms with van der Waals surface area (Å²) in [6, 6.07) is 8.51. The molecule has 1 aromatic rings. The molecule has 1 N–H and O–H groups in total. The average molecular weight is 256 g/mol. The molecule has 0 amide bonds. The molecule has 0 spiro atoms. The lowest BCUT2D eigenvalue weighted by Gasteiger charge is -2.22. The van der Waals surface area contributed by atoms with Crippen molar-refractivity contribution in [3.8, 4) is 0 Å². The Hall–Kier alpha value is -0.960. The Kier molecular flexibility index (Phi) is 5.06. The van der Waals surface area contributed by atoms with Crippen molar-refractivity contribution in [1.29, 1.82) is 0 Å². The molecule has 0 heterocycles. The minimum atomic E-state index is -3.38. The molecule has 0 aliphatic heterocycles. The second kappa shape index (κ2) is 6.10. The number of carbonyl (C=O) groups is 1. The van der Waals surface area contributed by atoms with Gasteiger partial charge in [-0.15, -0.1) is 0 Å². The summed E-state index contributed by atoms with van der Waals surface area (Å²) < 4.78 is 17.9. The van der Waals surface area contributed by atoms with Crippen molar-refractivity contribution in [2.24, 2.45) is 0 Å². The molecule has 94 valence electrons. The van der Waals surface area contributed by atoms with Gasteiger partial charge in [0.25, 0.3) is 7.37 Å². The van der Waals surface area contributed by atoms with Crippen LogP contribution in [0.1, 0.15) is 20.3 Å². The number of carbonyl (C=O) groups excluding carboxylic acids is 1. The largest absolute Gasteiger partial charge is 0.382 e. The highest BCUT2D eigenvalue weighted by Crippen LogP contribution is 2.50. The fourth-order valence-corrected chi connectivity index (χ4v) is 3.67. The smallest absolute Gasteiger partial charge is 0.260 e. The van der Waals surface area contributed by atoms with Crippen molar-refractivity contribution in [2.75, 3.05) is 6.61 Å². The maximum Gasteiger partial charge on any atom is 0.260 e. The lowest BCUT2D eigenvalue weighted by atomic mass is 10.3. The molecule has 5 heteroatoms. The Balaban J connectivity index is 3.05. The second-order valence-electron chi connectivity index (χ2n) is 3.74. The number of hydrogen-bond acceptors (Lipinski definition) is 4. The molecule has 0 radical (unpaired) electrons. The number of rotatable bonds is 6. The van der Waals surface area contributed by atoms with Gasteiger partial charge in [-0.05, 0) is 26.0 Å². The van der Waals surface area contributed by atoms with E-state index in [1.165, 1.54) is 6.92 Å². The second-order valence-corrected chi connectivity index (χ2v) is 6.30. The summed E-state index contributed by atoms with van der Waals surface area (Å²) in [7, 11) is -3.38. The van der Waals surface area contributed by atoms with Crippen LogP contribution in [0.15, 0.2) is 30.3 Å². The van der Waals surface area contributed by atoms with Crippen LogP contribution in [0.5, 0.6) is 0 Å². The van der Waals surface area contributed by atoms with Crippen molar-refractivity contribution in [2.45, 2.75) is 26.1 Å². The summed E-state index contributed by atoms with van der Waals surface area (Å²) >= 11 is 0. The van der Waals surface area contributed by atoms with Crippen LogP contribution in [-0.4, -0.2) is 23.3 Å². The number of hydrogen-bond donors (Lipinski definition) is 1. The van der Waals surface area contributed by atoms with Crippen LogP contribution in [-0.2, 0) is 13.9 Å². The minimum absolute atomic E-state index is 0.161. The Labute approximate surface area is 101 Å². The van der Waals surface area contributed by atoms with E-state index < -0.39 is 13.2 Å². The number of Topliss-reactive ketones (excluding diaryl/α,β-unsaturated/α-hetero) is 1. The third kappa shape index (κ3) is 3.50. The molecular formula is C12H17O4P. The normalized spacial score (nSPS) is 16.2. The van der Waals surface area contributed by atoms with Crippen LogP contribution < -0.4 is 5.30 Å². The van der Waals surface area contributed by atoms with Crippen molar-refractivity contribution in [3.05, 3.63) is 30.3 Å². The lowest BCUT2D eigenvalue weighted by molar-refractivity contribution is -0.118. The SMILES string of the molecule is CCO[P@](=O)(c1ccccc1)[C@H](O)CC(C)=O. The van der Waals surface area contributed by atoms with E-state index in [-0.39, 0.29) is 18.8 Å². The van der Waals surface area contributed by atoms with E-state index in [1.54, 1.807) is 37.3 Å². The molecule has 2 atom stereocenters. The molecule has 1 rings (SSSR count). The maximum absolute atomic E-state index is 12.6. The van der Waals surface area contributed by atoms with Crippen molar-refractivity contribution < 1.29 is 19.0 Å². The topological polar surface area (TPSA) is 63.6 Å². The quantitative estimate of drug-likeness (QED) is 0.790. The Morgan fingerprint density at radius 2 is 2.00 bits per heavy atom. The number of aliphatic hydroxyl groups excluding tert-OH is 1. The van der Waals surface area contributed by atoms with Crippen LogP contribution >= 0.6 is 7.37 Å². The zero-order chi connectivity index (χ0) is 12.9. The van der Waals surface area contributed by atoms with Crippen LogP contribution in [0, 0.1) is 0 Å². The van der Waals surface area contributed by atoms with Crippen LogP contribution in [0.25, 0.3) is 0 Å². The highest BCUT2D eigenvalue weighted by Gasteiger charge is 2.35. The van der Waals surface area contributed by atoms with E-state index in [9.17, 15) is 14.5 Å². The third-order valence-corrected chi connectivity index (χ3v) is 4.93. The fourth-order valence-electron chi connectivity index (χ4n) is 1.54. The van der Waals surface area contributed by atoms with E-state index in [2.05, 4.69) is 0 Å². The highest BCUT2D eigenvalue weighted by atomic mass is 31.2. The van der Waals surface area contributed by atoms with Crippen molar-refractivity contribution >= 4 is 18.5 Å². The monoisotopic (exact) mass is 256 g/mol. The molecule has 4 nitrogen and oxygen atoms in total. The molecular weight excluding hydrogens is 239 g/mol. The molecule has 0 aliphatic rings. The summed E-state index contributed by atoms with van der Waals surface area (Å²) in [5.74, 6) is -1.49. The molecule has 0 saturated heterocycles. The van der Waals surface area contributed by atoms with E-state index in [0.717, 1.165) is 0 Å². The predicted molar refractivity (Wildman–Crippen MR) is 66.6 cm³/mol. The molecule has 0 aromatic heterocycles. The van der Waals surface area contributed by atoms with Crippen molar-refractivity contribution in [3.63, 3.8) is 0 Å². The van der Waals surface area contributed by atoms with Gasteiger partial charge in [-0.1, -0.05) is 18.2 Å². The first-order valence-corrected chi connectivity index (χ1v) is 7.17. The average Bonchev–Trinajstić information content (AvgIpc) is 2.29. The van der Waals surface area contributed by atoms with Gasteiger partial charge < -0.3 is 9.63 Å². The first kappa shape index (κ1) is 14.1. The summed E-state index contributed by atoms with van der Waals surface area (Å²) in [6.07, 6.45) is -0.161. The Morgan fingerprint density at radius 1 is 1.41 bits per heavy atom. The summed E-state index contributed by atoms with van der Waals surface area (Å²) in [5.41, 5.74) is 0. The molecule has 0 aliphatic carbocycles. The molecule has 0 unspecified atom stereocenters. The first-order chi connectivity index (χ1) is 8.00. The third-order valence-electron chi connectivity index (χ3n) is 2.30. The zero-order valence-corrected chi connectivity index (χ0v) is 10.9. The van der Waals surface area contributed by atoms with Crippen molar-refractivity contribution in [1.82, 2.24) is 0 Å². The fraction of sp³-hybridized carbons (Fsp3) is 0.417. The molecule has 0 fully saturated rings. The first-order valence-electron chi connectivity index (χ1n) is 5.48. The Bertz CT molecular complexity index is 416. The van der Waals surface area contributed by atoms with Crippen LogP contribution in [0.3, 0.4) is 0 Å². The summed E-state index contributed by atoms with van der Waals surface area (Å²) in [6.45, 7) is 3.28. The van der Waals surface area contributed by atoms with Gasteiger partial charge in [0.2, 0.25) is 0 Å². The maximum atomic E-state index is 12.6. The van der Waals surface area contributed by atoms with Gasteiger partial charge in [-0.3, -0.25) is 9.36 Å². The van der Waals surface area contributed by atoms with Gasteiger partial charge in [0.05, 0.1) is 6.61 Å². The molecule has 1 aromatic carbocycles. The van der Waals surface area contributed by atoms with Crippen LogP contribution in [0.4, 0.5) is 0 Å². The van der Waals surface area contributed by atoms with Gasteiger partial charge in [0.15, 0.2) is 0 Å². The van der Waals surface area contributed by atoms with Gasteiger partial charge in [0.1, 0.15) is 11.6 Å². The lowest BCUT2D eigenvalue weighted by Crippen LogP contribution is -2.21. The molecule has 17 heavy (non-hydrogen) atoms. The zero-order valence-electron chi connectivity index (χ0n) is 10.00. The number of benzene rings is 1. The molecule has 0 saturated carbocycles. The number of ketones is 1. The van der Waals surface area contributed by atoms with Gasteiger partial charge in [-0.25, -0.2) is 0 Å². The Morgan fingerprint density at radius 3 is 2.47 bits per heavy atom. The number of aliphatic hydroxyl groups is 1. The standard InChI is InChI=1S/C12H17O4P/c1-3-16-17(15,12(14)9-10(2)13)11-7-5-4-6-8-11/h4-8,12,14H,3,9H2,1-2H3/t12-,17+/m0/s1. The van der Waals surface area contributed by atoms with Gasteiger partial charge in [0, 0.05) is 11.7 Å². The van der Waals surface area contributed by atoms with Gasteiger partial charge >= 0.3 is 0 Å². The van der Waals surface area contributed by atoms with E-state index >= 15 is 0 Å². The van der Waals surface area contributed by atoms with E-state index in [0.29, 0.717) is 5.30 Å². The van der Waals surface area contributed by atoms with E-state index in [4.69, 9.17) is 4.52 Å². The van der Waals surface area contributed by atoms with E-state index in [1.807, 2.05) is 0 Å². The summed E-state index contributed by atoms with van der Waals surface area (Å²) in [4.78, 5) is 11.0. The highest BCUT2D eigenvalue weighted by molar-refractivity contribution is 7.67.